The van der Waals surface area contributed by atoms with Crippen LogP contribution in [-0.4, -0.2) is 37.5 Å². The fourth-order valence-electron chi connectivity index (χ4n) is 2.01. The number of Topliss-reactive ketones (excluding diaryl/α,β-unsaturated/α-hetero) is 1. The number of aliphatic imine (C=N–C) groups is 1. The average molecular weight is 359 g/mol. The van der Waals surface area contributed by atoms with Crippen molar-refractivity contribution in [2.24, 2.45) is 4.99 Å². The molecule has 5 heteroatoms. The fraction of sp³-hybridized carbons (Fsp3) is 0.118. The van der Waals surface area contributed by atoms with E-state index in [1.807, 2.05) is 24.3 Å². The second-order valence-corrected chi connectivity index (χ2v) is 5.62. The first-order chi connectivity index (χ1) is 10.5. The van der Waals surface area contributed by atoms with E-state index in [0.29, 0.717) is 16.7 Å². The quantitative estimate of drug-likeness (QED) is 0.659. The molecule has 2 aromatic rings. The van der Waals surface area contributed by atoms with Crippen molar-refractivity contribution in [3.05, 3.63) is 65.2 Å². The molecule has 0 fully saturated rings. The van der Waals surface area contributed by atoms with E-state index >= 15 is 0 Å². The van der Waals surface area contributed by atoms with E-state index in [9.17, 15) is 9.59 Å². The third-order valence-corrected chi connectivity index (χ3v) is 3.68. The van der Waals surface area contributed by atoms with E-state index in [1.54, 1.807) is 19.1 Å². The molecule has 0 heterocycles. The third kappa shape index (κ3) is 4.13. The molecule has 0 atom stereocenters. The average Bonchev–Trinajstić information content (AvgIpc) is 2.47. The molecule has 0 aliphatic heterocycles. The zero-order valence-corrected chi connectivity index (χ0v) is 13.7. The second kappa shape index (κ2) is 7.16. The van der Waals surface area contributed by atoms with Crippen LogP contribution >= 0.6 is 0 Å². The third-order valence-electron chi connectivity index (χ3n) is 3.03. The number of nitrogens with zero attached hydrogens (tertiary/aromatic N) is 1. The van der Waals surface area contributed by atoms with Gasteiger partial charge in [-0.2, -0.15) is 0 Å². The van der Waals surface area contributed by atoms with E-state index < -0.39 is 5.97 Å². The molecule has 111 valence electrons. The van der Waals surface area contributed by atoms with E-state index in [4.69, 9.17) is 5.11 Å². The van der Waals surface area contributed by atoms with Gasteiger partial charge >= 0.3 is 136 Å². The molecule has 22 heavy (non-hydrogen) atoms. The van der Waals surface area contributed by atoms with Gasteiger partial charge in [0.25, 0.3) is 0 Å². The molecule has 0 bridgehead atoms. The van der Waals surface area contributed by atoms with Gasteiger partial charge in [0.05, 0.1) is 0 Å². The van der Waals surface area contributed by atoms with Gasteiger partial charge in [-0.3, -0.25) is 0 Å². The number of rotatable bonds is 5. The SMILES string of the molecule is CC(=O)Cc1ccccc1C([Se])=Nc1ccc(C(=O)O)cc1. The number of benzene rings is 2. The van der Waals surface area contributed by atoms with E-state index in [-0.39, 0.29) is 11.3 Å². The number of aromatic carboxylic acids is 1. The van der Waals surface area contributed by atoms with Crippen LogP contribution in [0.1, 0.15) is 28.4 Å². The number of hydrogen-bond donors (Lipinski definition) is 1. The Kier molecular flexibility index (Phi) is 5.25. The molecule has 1 N–H and O–H groups in total. The minimum atomic E-state index is -0.967. The van der Waals surface area contributed by atoms with Crippen molar-refractivity contribution >= 4 is 38.1 Å². The van der Waals surface area contributed by atoms with Gasteiger partial charge in [-0.15, -0.1) is 0 Å². The summed E-state index contributed by atoms with van der Waals surface area (Å²) in [5.74, 6) is -0.878. The van der Waals surface area contributed by atoms with Gasteiger partial charge in [-0.1, -0.05) is 0 Å². The molecular formula is C17H14NO3Se. The summed E-state index contributed by atoms with van der Waals surface area (Å²) in [6.45, 7) is 1.55. The number of carboxylic acid groups (broad SMARTS) is 1. The minimum absolute atomic E-state index is 0.0889. The Balaban J connectivity index is 2.32. The Morgan fingerprint density at radius 1 is 1.09 bits per heavy atom. The zero-order chi connectivity index (χ0) is 16.1. The van der Waals surface area contributed by atoms with Crippen LogP contribution in [0.5, 0.6) is 0 Å². The number of carboxylic acids is 1. The van der Waals surface area contributed by atoms with Crippen LogP contribution in [0, 0.1) is 0 Å². The molecule has 0 unspecified atom stereocenters. The number of carbonyl (C=O) groups is 2. The van der Waals surface area contributed by atoms with E-state index in [2.05, 4.69) is 21.0 Å². The monoisotopic (exact) mass is 360 g/mol. The topological polar surface area (TPSA) is 66.7 Å². The summed E-state index contributed by atoms with van der Waals surface area (Å²) >= 11 is 2.92. The molecule has 0 aliphatic carbocycles. The Morgan fingerprint density at radius 3 is 2.32 bits per heavy atom. The predicted molar refractivity (Wildman–Crippen MR) is 86.2 cm³/mol. The maximum absolute atomic E-state index is 11.3. The fourth-order valence-corrected chi connectivity index (χ4v) is 2.65. The molecular weight excluding hydrogens is 345 g/mol. The summed E-state index contributed by atoms with van der Waals surface area (Å²) in [6.07, 6.45) is 0.356. The van der Waals surface area contributed by atoms with Crippen molar-refractivity contribution in [3.8, 4) is 0 Å². The normalized spacial score (nSPS) is 11.2. The van der Waals surface area contributed by atoms with Crippen LogP contribution in [0.25, 0.3) is 0 Å². The molecule has 0 aromatic heterocycles. The number of carbonyl (C=O) groups excluding carboxylic acids is 1. The maximum atomic E-state index is 11.3. The van der Waals surface area contributed by atoms with Gasteiger partial charge in [0, 0.05) is 0 Å². The zero-order valence-electron chi connectivity index (χ0n) is 11.9. The Hall–Kier alpha value is -2.23. The van der Waals surface area contributed by atoms with Crippen LogP contribution in [-0.2, 0) is 11.2 Å². The molecule has 0 aliphatic rings. The first-order valence-electron chi connectivity index (χ1n) is 6.64. The standard InChI is InChI=1S/C17H14NO3Se/c1-11(19)10-13-4-2-3-5-15(13)16(22)18-14-8-6-12(7-9-14)17(20)21/h2-9H,10H2,1H3,(H,20,21). The van der Waals surface area contributed by atoms with Gasteiger partial charge in [-0.25, -0.2) is 0 Å². The molecule has 0 saturated carbocycles. The number of hydrogen-bond acceptors (Lipinski definition) is 3. The molecule has 0 spiro atoms. The molecule has 2 rings (SSSR count). The summed E-state index contributed by atoms with van der Waals surface area (Å²) in [5.41, 5.74) is 2.66. The Morgan fingerprint density at radius 2 is 1.73 bits per heavy atom. The predicted octanol–water partition coefficient (Wildman–Crippen LogP) is 2.76. The summed E-state index contributed by atoms with van der Waals surface area (Å²) < 4.78 is 0.667. The van der Waals surface area contributed by atoms with Gasteiger partial charge in [-0.05, 0) is 0 Å². The molecule has 4 nitrogen and oxygen atoms in total. The summed E-state index contributed by atoms with van der Waals surface area (Å²) in [5, 5.41) is 8.88. The Bertz CT molecular complexity index is 736. The Labute approximate surface area is 136 Å². The van der Waals surface area contributed by atoms with Crippen molar-refractivity contribution in [1.29, 1.82) is 0 Å². The van der Waals surface area contributed by atoms with Crippen molar-refractivity contribution in [2.75, 3.05) is 0 Å². The molecule has 0 amide bonds. The van der Waals surface area contributed by atoms with E-state index in [1.165, 1.54) is 12.1 Å². The van der Waals surface area contributed by atoms with Gasteiger partial charge in [0.2, 0.25) is 0 Å². The van der Waals surface area contributed by atoms with Crippen molar-refractivity contribution in [3.63, 3.8) is 0 Å². The summed E-state index contributed by atoms with van der Waals surface area (Å²) in [6, 6.07) is 13.9. The van der Waals surface area contributed by atoms with Crippen molar-refractivity contribution in [2.45, 2.75) is 13.3 Å². The number of ketones is 1. The van der Waals surface area contributed by atoms with Crippen LogP contribution < -0.4 is 0 Å². The van der Waals surface area contributed by atoms with Crippen LogP contribution in [0.15, 0.2) is 53.5 Å². The van der Waals surface area contributed by atoms with Gasteiger partial charge in [0.15, 0.2) is 0 Å². The van der Waals surface area contributed by atoms with Gasteiger partial charge in [0.1, 0.15) is 0 Å². The molecule has 2 aromatic carbocycles. The van der Waals surface area contributed by atoms with Gasteiger partial charge < -0.3 is 0 Å². The summed E-state index contributed by atoms with van der Waals surface area (Å²) in [7, 11) is 0. The van der Waals surface area contributed by atoms with Crippen LogP contribution in [0.2, 0.25) is 0 Å². The van der Waals surface area contributed by atoms with Crippen molar-refractivity contribution < 1.29 is 14.7 Å². The van der Waals surface area contributed by atoms with Crippen LogP contribution in [0.3, 0.4) is 0 Å². The summed E-state index contributed by atoms with van der Waals surface area (Å²) in [4.78, 5) is 26.6. The first-order valence-corrected chi connectivity index (χ1v) is 7.50. The van der Waals surface area contributed by atoms with E-state index in [0.717, 1.165) is 11.1 Å². The molecule has 1 radical (unpaired) electrons. The first kappa shape index (κ1) is 16.1. The van der Waals surface area contributed by atoms with Crippen molar-refractivity contribution in [1.82, 2.24) is 0 Å². The van der Waals surface area contributed by atoms with Crippen LogP contribution in [0.4, 0.5) is 5.69 Å². The second-order valence-electron chi connectivity index (χ2n) is 4.80. The molecule has 0 saturated heterocycles.